The van der Waals surface area contributed by atoms with Crippen molar-refractivity contribution >= 4 is 28.5 Å². The molecular formula is C26H31N3. The lowest BCUT2D eigenvalue weighted by Crippen LogP contribution is -2.07. The first-order chi connectivity index (χ1) is 13.9. The molecule has 0 amide bonds. The standard InChI is InChI=1S/C26H31N3/c1-17(2)21-11-7-9-13-25(21)27-19(5)23-15-16-24(29-23)20(6)28-26-14-10-8-12-22(26)18(3)4/h7-15,17-18H,16H2,1-6H3/b27-19+,28-20+. The molecule has 0 fully saturated rings. The predicted molar refractivity (Wildman–Crippen MR) is 127 cm³/mol. The zero-order chi connectivity index (χ0) is 21.0. The second-order valence-electron chi connectivity index (χ2n) is 8.17. The van der Waals surface area contributed by atoms with Crippen LogP contribution in [0.3, 0.4) is 0 Å². The van der Waals surface area contributed by atoms with Gasteiger partial charge in [0.05, 0.1) is 34.2 Å². The molecule has 0 spiro atoms. The molecule has 2 aromatic rings. The van der Waals surface area contributed by atoms with E-state index in [1.54, 1.807) is 0 Å². The third-order valence-electron chi connectivity index (χ3n) is 5.23. The minimum Gasteiger partial charge on any atom is -0.252 e. The van der Waals surface area contributed by atoms with Crippen molar-refractivity contribution in [1.82, 2.24) is 0 Å². The summed E-state index contributed by atoms with van der Waals surface area (Å²) in [4.78, 5) is 14.6. The molecule has 0 bridgehead atoms. The lowest BCUT2D eigenvalue weighted by Gasteiger charge is -2.10. The van der Waals surface area contributed by atoms with Crippen molar-refractivity contribution in [3.8, 4) is 0 Å². The number of allylic oxidation sites excluding steroid dienone is 2. The van der Waals surface area contributed by atoms with Crippen LogP contribution < -0.4 is 0 Å². The molecule has 29 heavy (non-hydrogen) atoms. The Morgan fingerprint density at radius 3 is 1.76 bits per heavy atom. The van der Waals surface area contributed by atoms with Crippen LogP contribution in [-0.2, 0) is 0 Å². The molecule has 0 aliphatic carbocycles. The Kier molecular flexibility index (Phi) is 6.58. The number of benzene rings is 2. The molecule has 2 aromatic carbocycles. The van der Waals surface area contributed by atoms with Crippen LogP contribution in [0.15, 0.2) is 75.3 Å². The van der Waals surface area contributed by atoms with Crippen LogP contribution in [0.25, 0.3) is 0 Å². The van der Waals surface area contributed by atoms with Gasteiger partial charge in [0.1, 0.15) is 0 Å². The molecule has 0 radical (unpaired) electrons. The van der Waals surface area contributed by atoms with E-state index in [1.807, 2.05) is 26.0 Å². The highest BCUT2D eigenvalue weighted by Gasteiger charge is 2.15. The fraction of sp³-hybridized carbons (Fsp3) is 0.346. The fourth-order valence-electron chi connectivity index (χ4n) is 3.53. The molecule has 3 nitrogen and oxygen atoms in total. The van der Waals surface area contributed by atoms with Crippen molar-refractivity contribution in [1.29, 1.82) is 0 Å². The minimum absolute atomic E-state index is 0.440. The summed E-state index contributed by atoms with van der Waals surface area (Å²) in [5.41, 5.74) is 8.48. The number of hydrogen-bond donors (Lipinski definition) is 0. The van der Waals surface area contributed by atoms with Crippen molar-refractivity contribution < 1.29 is 0 Å². The summed E-state index contributed by atoms with van der Waals surface area (Å²) >= 11 is 0. The molecule has 1 aliphatic heterocycles. The SMILES string of the molecule is C/C(=N\c1ccccc1C(C)C)C1=CCC(/C(C)=N/c2ccccc2C(C)C)=N1. The Bertz CT molecular complexity index is 1000. The molecule has 3 rings (SSSR count). The molecule has 0 saturated carbocycles. The molecule has 1 aliphatic rings. The van der Waals surface area contributed by atoms with E-state index in [0.717, 1.165) is 40.6 Å². The molecular weight excluding hydrogens is 354 g/mol. The van der Waals surface area contributed by atoms with Gasteiger partial charge in [-0.05, 0) is 48.9 Å². The number of para-hydroxylation sites is 2. The van der Waals surface area contributed by atoms with E-state index < -0.39 is 0 Å². The zero-order valence-corrected chi connectivity index (χ0v) is 18.4. The van der Waals surface area contributed by atoms with Crippen LogP contribution in [0, 0.1) is 0 Å². The number of hydrogen-bond acceptors (Lipinski definition) is 3. The quantitative estimate of drug-likeness (QED) is 0.460. The van der Waals surface area contributed by atoms with Crippen LogP contribution in [0.1, 0.15) is 70.9 Å². The smallest absolute Gasteiger partial charge is 0.0810 e. The van der Waals surface area contributed by atoms with Gasteiger partial charge in [-0.3, -0.25) is 9.98 Å². The summed E-state index contributed by atoms with van der Waals surface area (Å²) in [6.45, 7) is 12.9. The Balaban J connectivity index is 1.85. The van der Waals surface area contributed by atoms with Gasteiger partial charge in [-0.2, -0.15) is 0 Å². The molecule has 0 N–H and O–H groups in total. The predicted octanol–water partition coefficient (Wildman–Crippen LogP) is 7.55. The Hall–Kier alpha value is -2.81. The van der Waals surface area contributed by atoms with E-state index in [1.165, 1.54) is 11.1 Å². The highest BCUT2D eigenvalue weighted by Crippen LogP contribution is 2.29. The van der Waals surface area contributed by atoms with Crippen molar-refractivity contribution in [2.45, 2.75) is 59.8 Å². The highest BCUT2D eigenvalue weighted by molar-refractivity contribution is 6.43. The van der Waals surface area contributed by atoms with Crippen molar-refractivity contribution in [3.63, 3.8) is 0 Å². The average Bonchev–Trinajstić information content (AvgIpc) is 3.19. The third-order valence-corrected chi connectivity index (χ3v) is 5.23. The van der Waals surface area contributed by atoms with Gasteiger partial charge in [0.15, 0.2) is 0 Å². The van der Waals surface area contributed by atoms with Crippen molar-refractivity contribution in [2.24, 2.45) is 15.0 Å². The number of nitrogens with zero attached hydrogens (tertiary/aromatic N) is 3. The largest absolute Gasteiger partial charge is 0.252 e. The summed E-state index contributed by atoms with van der Waals surface area (Å²) in [6, 6.07) is 16.7. The van der Waals surface area contributed by atoms with Gasteiger partial charge in [-0.1, -0.05) is 70.2 Å². The second-order valence-corrected chi connectivity index (χ2v) is 8.17. The summed E-state index contributed by atoms with van der Waals surface area (Å²) in [5.74, 6) is 0.882. The topological polar surface area (TPSA) is 37.1 Å². The van der Waals surface area contributed by atoms with Crippen molar-refractivity contribution in [2.75, 3.05) is 0 Å². The van der Waals surface area contributed by atoms with Gasteiger partial charge >= 0.3 is 0 Å². The zero-order valence-electron chi connectivity index (χ0n) is 18.4. The van der Waals surface area contributed by atoms with Crippen LogP contribution in [0.2, 0.25) is 0 Å². The molecule has 0 unspecified atom stereocenters. The van der Waals surface area contributed by atoms with E-state index in [0.29, 0.717) is 11.8 Å². The monoisotopic (exact) mass is 385 g/mol. The first kappa shape index (κ1) is 20.9. The van der Waals surface area contributed by atoms with Crippen LogP contribution in [0.5, 0.6) is 0 Å². The fourth-order valence-corrected chi connectivity index (χ4v) is 3.53. The van der Waals surface area contributed by atoms with Crippen molar-refractivity contribution in [3.05, 3.63) is 71.4 Å². The Morgan fingerprint density at radius 1 is 0.759 bits per heavy atom. The lowest BCUT2D eigenvalue weighted by molar-refractivity contribution is 0.867. The van der Waals surface area contributed by atoms with Crippen LogP contribution >= 0.6 is 0 Å². The summed E-state index contributed by atoms with van der Waals surface area (Å²) < 4.78 is 0. The van der Waals surface area contributed by atoms with Gasteiger partial charge in [0, 0.05) is 6.42 Å². The highest BCUT2D eigenvalue weighted by atomic mass is 14.9. The second kappa shape index (κ2) is 9.13. The van der Waals surface area contributed by atoms with Crippen LogP contribution in [-0.4, -0.2) is 17.1 Å². The maximum absolute atomic E-state index is 4.89. The molecule has 0 aromatic heterocycles. The van der Waals surface area contributed by atoms with Gasteiger partial charge in [-0.25, -0.2) is 4.99 Å². The van der Waals surface area contributed by atoms with E-state index in [4.69, 9.17) is 15.0 Å². The summed E-state index contributed by atoms with van der Waals surface area (Å²) in [7, 11) is 0. The maximum atomic E-state index is 4.89. The molecule has 150 valence electrons. The molecule has 3 heteroatoms. The number of aliphatic imine (C=N–C) groups is 3. The van der Waals surface area contributed by atoms with E-state index in [-0.39, 0.29) is 0 Å². The van der Waals surface area contributed by atoms with E-state index >= 15 is 0 Å². The first-order valence-electron chi connectivity index (χ1n) is 10.4. The lowest BCUT2D eigenvalue weighted by atomic mass is 10.0. The van der Waals surface area contributed by atoms with Gasteiger partial charge in [-0.15, -0.1) is 0 Å². The molecule has 1 heterocycles. The Labute approximate surface area is 175 Å². The van der Waals surface area contributed by atoms with Crippen LogP contribution in [0.4, 0.5) is 11.4 Å². The van der Waals surface area contributed by atoms with Gasteiger partial charge < -0.3 is 0 Å². The minimum atomic E-state index is 0.440. The molecule has 0 saturated heterocycles. The van der Waals surface area contributed by atoms with Gasteiger partial charge in [0.2, 0.25) is 0 Å². The summed E-state index contributed by atoms with van der Waals surface area (Å²) in [5, 5.41) is 0. The molecule has 0 atom stereocenters. The number of rotatable bonds is 6. The Morgan fingerprint density at radius 2 is 1.24 bits per heavy atom. The van der Waals surface area contributed by atoms with E-state index in [2.05, 4.69) is 70.2 Å². The van der Waals surface area contributed by atoms with Gasteiger partial charge in [0.25, 0.3) is 0 Å². The third kappa shape index (κ3) is 4.97. The maximum Gasteiger partial charge on any atom is 0.0810 e. The normalized spacial score (nSPS) is 15.2. The van der Waals surface area contributed by atoms with E-state index in [9.17, 15) is 0 Å². The average molecular weight is 386 g/mol. The first-order valence-corrected chi connectivity index (χ1v) is 10.4. The summed E-state index contributed by atoms with van der Waals surface area (Å²) in [6.07, 6.45) is 2.95.